The summed E-state index contributed by atoms with van der Waals surface area (Å²) in [7, 11) is 0. The van der Waals surface area contributed by atoms with Gasteiger partial charge in [-0.3, -0.25) is 4.98 Å². The number of benzene rings is 2. The lowest BCUT2D eigenvalue weighted by molar-refractivity contribution is 0.339. The van der Waals surface area contributed by atoms with E-state index < -0.39 is 0 Å². The van der Waals surface area contributed by atoms with Crippen molar-refractivity contribution in [3.63, 3.8) is 0 Å². The van der Waals surface area contributed by atoms with Gasteiger partial charge in [-0.2, -0.15) is 0 Å². The summed E-state index contributed by atoms with van der Waals surface area (Å²) < 4.78 is 5.66. The maximum Gasteiger partial charge on any atom is 0.145 e. The van der Waals surface area contributed by atoms with E-state index in [9.17, 15) is 0 Å². The number of para-hydroxylation sites is 3. The molecule has 1 atom stereocenters. The Labute approximate surface area is 116 Å². The highest BCUT2D eigenvalue weighted by Gasteiger charge is 2.23. The van der Waals surface area contributed by atoms with Crippen LogP contribution in [0.4, 0.5) is 5.82 Å². The molecule has 20 heavy (non-hydrogen) atoms. The monoisotopic (exact) mass is 263 g/mol. The first-order valence-corrected chi connectivity index (χ1v) is 6.60. The molecule has 1 aromatic heterocycles. The normalized spacial score (nSPS) is 16.7. The molecule has 2 aromatic carbocycles. The molecule has 0 saturated heterocycles. The first kappa shape index (κ1) is 11.2. The van der Waals surface area contributed by atoms with Gasteiger partial charge in [-0.05, 0) is 18.2 Å². The maximum absolute atomic E-state index is 5.66. The number of hydrogen-bond donors (Lipinski definition) is 1. The van der Waals surface area contributed by atoms with Gasteiger partial charge in [0, 0.05) is 5.56 Å². The van der Waals surface area contributed by atoms with Crippen molar-refractivity contribution in [2.24, 2.45) is 0 Å². The smallest absolute Gasteiger partial charge is 0.145 e. The predicted molar refractivity (Wildman–Crippen MR) is 77.8 cm³/mol. The molecular weight excluding hydrogens is 250 g/mol. The summed E-state index contributed by atoms with van der Waals surface area (Å²) in [5.74, 6) is 1.72. The molecule has 1 aliphatic rings. The minimum atomic E-state index is 0.127. The van der Waals surface area contributed by atoms with Crippen LogP contribution in [0.3, 0.4) is 0 Å². The van der Waals surface area contributed by atoms with Gasteiger partial charge in [-0.25, -0.2) is 4.98 Å². The lowest BCUT2D eigenvalue weighted by Gasteiger charge is -2.12. The largest absolute Gasteiger partial charge is 0.491 e. The van der Waals surface area contributed by atoms with Gasteiger partial charge in [0.1, 0.15) is 18.2 Å². The zero-order chi connectivity index (χ0) is 13.4. The second-order valence-electron chi connectivity index (χ2n) is 4.79. The zero-order valence-corrected chi connectivity index (χ0v) is 10.8. The maximum atomic E-state index is 5.66. The molecule has 0 bridgehead atoms. The lowest BCUT2D eigenvalue weighted by Crippen LogP contribution is -2.13. The summed E-state index contributed by atoms with van der Waals surface area (Å²) in [5.41, 5.74) is 2.97. The van der Waals surface area contributed by atoms with Crippen LogP contribution in [-0.2, 0) is 0 Å². The van der Waals surface area contributed by atoms with Crippen molar-refractivity contribution in [2.45, 2.75) is 6.04 Å². The van der Waals surface area contributed by atoms with Gasteiger partial charge in [0.05, 0.1) is 23.3 Å². The number of nitrogens with one attached hydrogen (secondary N) is 1. The average Bonchev–Trinajstić information content (AvgIpc) is 2.91. The number of hydrogen-bond acceptors (Lipinski definition) is 4. The fourth-order valence-electron chi connectivity index (χ4n) is 2.49. The highest BCUT2D eigenvalue weighted by Crippen LogP contribution is 2.33. The van der Waals surface area contributed by atoms with Gasteiger partial charge in [0.25, 0.3) is 0 Å². The predicted octanol–water partition coefficient (Wildman–Crippen LogP) is 3.18. The Morgan fingerprint density at radius 2 is 1.80 bits per heavy atom. The molecule has 3 aromatic rings. The van der Waals surface area contributed by atoms with Crippen molar-refractivity contribution in [3.05, 3.63) is 60.3 Å². The molecule has 4 nitrogen and oxygen atoms in total. The fraction of sp³-hybridized carbons (Fsp3) is 0.125. The van der Waals surface area contributed by atoms with Crippen LogP contribution in [0.15, 0.2) is 54.7 Å². The molecule has 0 aliphatic carbocycles. The first-order valence-electron chi connectivity index (χ1n) is 6.60. The van der Waals surface area contributed by atoms with E-state index in [1.807, 2.05) is 42.5 Å². The Kier molecular flexibility index (Phi) is 2.52. The lowest BCUT2D eigenvalue weighted by atomic mass is 10.1. The van der Waals surface area contributed by atoms with Crippen LogP contribution in [-0.4, -0.2) is 16.6 Å². The first-order chi connectivity index (χ1) is 9.90. The van der Waals surface area contributed by atoms with Crippen molar-refractivity contribution in [1.82, 2.24) is 9.97 Å². The van der Waals surface area contributed by atoms with E-state index in [2.05, 4.69) is 21.4 Å². The van der Waals surface area contributed by atoms with E-state index in [-0.39, 0.29) is 6.04 Å². The van der Waals surface area contributed by atoms with Crippen molar-refractivity contribution < 1.29 is 4.74 Å². The quantitative estimate of drug-likeness (QED) is 0.771. The summed E-state index contributed by atoms with van der Waals surface area (Å²) in [4.78, 5) is 9.00. The van der Waals surface area contributed by atoms with Crippen molar-refractivity contribution in [2.75, 3.05) is 11.9 Å². The van der Waals surface area contributed by atoms with E-state index in [1.54, 1.807) is 6.20 Å². The minimum absolute atomic E-state index is 0.127. The van der Waals surface area contributed by atoms with Crippen LogP contribution in [0.1, 0.15) is 11.6 Å². The van der Waals surface area contributed by atoms with Crippen LogP contribution in [0, 0.1) is 0 Å². The highest BCUT2D eigenvalue weighted by atomic mass is 16.5. The van der Waals surface area contributed by atoms with Crippen molar-refractivity contribution in [1.29, 1.82) is 0 Å². The van der Waals surface area contributed by atoms with Gasteiger partial charge in [-0.15, -0.1) is 0 Å². The van der Waals surface area contributed by atoms with Crippen molar-refractivity contribution >= 4 is 16.9 Å². The zero-order valence-electron chi connectivity index (χ0n) is 10.8. The Bertz CT molecular complexity index is 772. The molecule has 2 heterocycles. The number of anilines is 1. The summed E-state index contributed by atoms with van der Waals surface area (Å²) >= 11 is 0. The van der Waals surface area contributed by atoms with E-state index in [0.717, 1.165) is 22.6 Å². The summed E-state index contributed by atoms with van der Waals surface area (Å²) in [6, 6.07) is 16.1. The van der Waals surface area contributed by atoms with E-state index in [1.165, 1.54) is 5.56 Å². The second kappa shape index (κ2) is 4.49. The number of nitrogens with zero attached hydrogens (tertiary/aromatic N) is 2. The van der Waals surface area contributed by atoms with Crippen LogP contribution < -0.4 is 10.1 Å². The van der Waals surface area contributed by atoms with Gasteiger partial charge in [0.2, 0.25) is 0 Å². The Balaban J connectivity index is 1.65. The van der Waals surface area contributed by atoms with Crippen LogP contribution in [0.2, 0.25) is 0 Å². The van der Waals surface area contributed by atoms with Gasteiger partial charge >= 0.3 is 0 Å². The third-order valence-electron chi connectivity index (χ3n) is 3.47. The Hall–Kier alpha value is -2.62. The summed E-state index contributed by atoms with van der Waals surface area (Å²) in [5, 5.41) is 3.39. The molecule has 1 unspecified atom stereocenters. The summed E-state index contributed by atoms with van der Waals surface area (Å²) in [6.07, 6.45) is 1.77. The molecule has 0 spiro atoms. The molecule has 0 saturated carbocycles. The third kappa shape index (κ3) is 1.86. The minimum Gasteiger partial charge on any atom is -0.491 e. The fourth-order valence-corrected chi connectivity index (χ4v) is 2.49. The van der Waals surface area contributed by atoms with E-state index in [4.69, 9.17) is 4.74 Å². The van der Waals surface area contributed by atoms with Crippen LogP contribution in [0.5, 0.6) is 5.75 Å². The average molecular weight is 263 g/mol. The number of ether oxygens (including phenoxy) is 1. The summed E-state index contributed by atoms with van der Waals surface area (Å²) in [6.45, 7) is 0.619. The van der Waals surface area contributed by atoms with E-state index >= 15 is 0 Å². The van der Waals surface area contributed by atoms with Crippen molar-refractivity contribution in [3.8, 4) is 5.75 Å². The molecule has 1 N–H and O–H groups in total. The molecule has 0 fully saturated rings. The standard InChI is InChI=1S/C16H13N3O/c1-4-8-15-11(5-1)14(10-20-15)19-16-9-17-12-6-2-3-7-13(12)18-16/h1-9,14H,10H2,(H,18,19). The van der Waals surface area contributed by atoms with Gasteiger partial charge in [-0.1, -0.05) is 30.3 Å². The Morgan fingerprint density at radius 1 is 1.00 bits per heavy atom. The second-order valence-corrected chi connectivity index (χ2v) is 4.79. The molecule has 1 aliphatic heterocycles. The van der Waals surface area contributed by atoms with E-state index in [0.29, 0.717) is 6.61 Å². The van der Waals surface area contributed by atoms with Gasteiger partial charge in [0.15, 0.2) is 0 Å². The molecular formula is C16H13N3O. The highest BCUT2D eigenvalue weighted by molar-refractivity contribution is 5.75. The molecule has 98 valence electrons. The van der Waals surface area contributed by atoms with Crippen LogP contribution >= 0.6 is 0 Å². The third-order valence-corrected chi connectivity index (χ3v) is 3.47. The molecule has 4 rings (SSSR count). The Morgan fingerprint density at radius 3 is 2.75 bits per heavy atom. The molecule has 0 amide bonds. The number of aromatic nitrogens is 2. The van der Waals surface area contributed by atoms with Gasteiger partial charge < -0.3 is 10.1 Å². The molecule has 4 heteroatoms. The molecule has 0 radical (unpaired) electrons. The van der Waals surface area contributed by atoms with Crippen LogP contribution in [0.25, 0.3) is 11.0 Å². The topological polar surface area (TPSA) is 47.0 Å². The number of rotatable bonds is 2. The number of fused-ring (bicyclic) bond motifs is 2. The SMILES string of the molecule is c1ccc2c(c1)OCC2Nc1cnc2ccccc2n1.